The molecular formula is C14H22ClNO. The van der Waals surface area contributed by atoms with Crippen LogP contribution in [0.25, 0.3) is 0 Å². The molecule has 2 nitrogen and oxygen atoms in total. The molecule has 0 saturated carbocycles. The summed E-state index contributed by atoms with van der Waals surface area (Å²) in [7, 11) is 0. The SMILES string of the molecule is Cc1c(Cl)cccc1NCCOCCC(C)C. The van der Waals surface area contributed by atoms with Crippen LogP contribution in [0.5, 0.6) is 0 Å². The maximum absolute atomic E-state index is 6.04. The zero-order valence-electron chi connectivity index (χ0n) is 10.9. The van der Waals surface area contributed by atoms with Gasteiger partial charge in [0.15, 0.2) is 0 Å². The van der Waals surface area contributed by atoms with Gasteiger partial charge in [0, 0.05) is 23.9 Å². The van der Waals surface area contributed by atoms with Crippen LogP contribution < -0.4 is 5.32 Å². The van der Waals surface area contributed by atoms with Crippen LogP contribution in [0.15, 0.2) is 18.2 Å². The first kappa shape index (κ1) is 14.3. The van der Waals surface area contributed by atoms with Gasteiger partial charge in [0.25, 0.3) is 0 Å². The highest BCUT2D eigenvalue weighted by Gasteiger charge is 2.00. The van der Waals surface area contributed by atoms with Gasteiger partial charge in [-0.25, -0.2) is 0 Å². The summed E-state index contributed by atoms with van der Waals surface area (Å²) >= 11 is 6.04. The number of nitrogens with one attached hydrogen (secondary N) is 1. The zero-order chi connectivity index (χ0) is 12.7. The summed E-state index contributed by atoms with van der Waals surface area (Å²) in [5, 5.41) is 4.13. The molecule has 1 aromatic carbocycles. The summed E-state index contributed by atoms with van der Waals surface area (Å²) in [5.74, 6) is 0.707. The molecule has 0 fully saturated rings. The lowest BCUT2D eigenvalue weighted by Crippen LogP contribution is -2.11. The molecule has 0 unspecified atom stereocenters. The van der Waals surface area contributed by atoms with E-state index in [9.17, 15) is 0 Å². The Bertz CT molecular complexity index is 339. The van der Waals surface area contributed by atoms with Gasteiger partial charge in [0.1, 0.15) is 0 Å². The fourth-order valence-corrected chi connectivity index (χ4v) is 1.65. The van der Waals surface area contributed by atoms with E-state index in [1.807, 2.05) is 25.1 Å². The van der Waals surface area contributed by atoms with Gasteiger partial charge in [-0.2, -0.15) is 0 Å². The van der Waals surface area contributed by atoms with Crippen molar-refractivity contribution in [3.63, 3.8) is 0 Å². The second-order valence-electron chi connectivity index (χ2n) is 4.63. The monoisotopic (exact) mass is 255 g/mol. The molecular weight excluding hydrogens is 234 g/mol. The normalized spacial score (nSPS) is 10.9. The Morgan fingerprint density at radius 1 is 1.29 bits per heavy atom. The van der Waals surface area contributed by atoms with E-state index in [1.54, 1.807) is 0 Å². The summed E-state index contributed by atoms with van der Waals surface area (Å²) in [5.41, 5.74) is 2.18. The van der Waals surface area contributed by atoms with Crippen LogP contribution in [0.1, 0.15) is 25.8 Å². The Balaban J connectivity index is 2.20. The Labute approximate surface area is 109 Å². The van der Waals surface area contributed by atoms with E-state index in [4.69, 9.17) is 16.3 Å². The van der Waals surface area contributed by atoms with E-state index in [1.165, 1.54) is 0 Å². The summed E-state index contributed by atoms with van der Waals surface area (Å²) < 4.78 is 5.54. The first-order chi connectivity index (χ1) is 8.11. The largest absolute Gasteiger partial charge is 0.382 e. The Morgan fingerprint density at radius 3 is 2.76 bits per heavy atom. The minimum Gasteiger partial charge on any atom is -0.382 e. The predicted octanol–water partition coefficient (Wildman–Crippen LogP) is 4.12. The zero-order valence-corrected chi connectivity index (χ0v) is 11.7. The maximum Gasteiger partial charge on any atom is 0.0639 e. The number of rotatable bonds is 7. The van der Waals surface area contributed by atoms with Crippen LogP contribution in [0.4, 0.5) is 5.69 Å². The average Bonchev–Trinajstić information content (AvgIpc) is 2.28. The third-order valence-electron chi connectivity index (χ3n) is 2.67. The van der Waals surface area contributed by atoms with Crippen LogP contribution in [0.2, 0.25) is 5.02 Å². The van der Waals surface area contributed by atoms with Gasteiger partial charge in [-0.3, -0.25) is 0 Å². The van der Waals surface area contributed by atoms with Gasteiger partial charge in [-0.1, -0.05) is 31.5 Å². The van der Waals surface area contributed by atoms with Crippen molar-refractivity contribution in [3.8, 4) is 0 Å². The summed E-state index contributed by atoms with van der Waals surface area (Å²) in [6, 6.07) is 5.90. The number of hydrogen-bond donors (Lipinski definition) is 1. The molecule has 1 aromatic rings. The molecule has 0 spiro atoms. The summed E-state index contributed by atoms with van der Waals surface area (Å²) in [6.07, 6.45) is 1.12. The molecule has 1 N–H and O–H groups in total. The maximum atomic E-state index is 6.04. The first-order valence-corrected chi connectivity index (χ1v) is 6.55. The first-order valence-electron chi connectivity index (χ1n) is 6.18. The lowest BCUT2D eigenvalue weighted by molar-refractivity contribution is 0.132. The van der Waals surface area contributed by atoms with Crippen LogP contribution in [0, 0.1) is 12.8 Å². The van der Waals surface area contributed by atoms with Gasteiger partial charge >= 0.3 is 0 Å². The number of benzene rings is 1. The van der Waals surface area contributed by atoms with Crippen molar-refractivity contribution in [1.82, 2.24) is 0 Å². The standard InChI is InChI=1S/C14H22ClNO/c1-11(2)7-9-17-10-8-16-14-6-4-5-13(15)12(14)3/h4-6,11,16H,7-10H2,1-3H3. The van der Waals surface area contributed by atoms with Gasteiger partial charge < -0.3 is 10.1 Å². The highest BCUT2D eigenvalue weighted by molar-refractivity contribution is 6.31. The minimum atomic E-state index is 0.707. The highest BCUT2D eigenvalue weighted by atomic mass is 35.5. The second kappa shape index (κ2) is 7.57. The van der Waals surface area contributed by atoms with Gasteiger partial charge in [-0.15, -0.1) is 0 Å². The molecule has 1 rings (SSSR count). The second-order valence-corrected chi connectivity index (χ2v) is 5.04. The number of ether oxygens (including phenoxy) is 1. The lowest BCUT2D eigenvalue weighted by Gasteiger charge is -2.11. The number of hydrogen-bond acceptors (Lipinski definition) is 2. The van der Waals surface area contributed by atoms with Crippen molar-refractivity contribution < 1.29 is 4.74 Å². The van der Waals surface area contributed by atoms with Crippen LogP contribution in [-0.4, -0.2) is 19.8 Å². The van der Waals surface area contributed by atoms with E-state index in [2.05, 4.69) is 19.2 Å². The molecule has 0 saturated heterocycles. The fourth-order valence-electron chi connectivity index (χ4n) is 1.48. The lowest BCUT2D eigenvalue weighted by atomic mass is 10.1. The molecule has 3 heteroatoms. The van der Waals surface area contributed by atoms with Crippen molar-refractivity contribution in [2.75, 3.05) is 25.1 Å². The molecule has 0 aliphatic rings. The summed E-state index contributed by atoms with van der Waals surface area (Å²) in [4.78, 5) is 0. The molecule has 96 valence electrons. The van der Waals surface area contributed by atoms with Gasteiger partial charge in [0.2, 0.25) is 0 Å². The van der Waals surface area contributed by atoms with Crippen molar-refractivity contribution in [2.45, 2.75) is 27.2 Å². The third-order valence-corrected chi connectivity index (χ3v) is 3.08. The van der Waals surface area contributed by atoms with Gasteiger partial charge in [0.05, 0.1) is 6.61 Å². The molecule has 0 aliphatic carbocycles. The van der Waals surface area contributed by atoms with Crippen LogP contribution in [-0.2, 0) is 4.74 Å². The molecule has 0 amide bonds. The Kier molecular flexibility index (Phi) is 6.38. The molecule has 0 bridgehead atoms. The molecule has 0 aromatic heterocycles. The fraction of sp³-hybridized carbons (Fsp3) is 0.571. The summed E-state index contributed by atoms with van der Waals surface area (Å²) in [6.45, 7) is 8.82. The molecule has 0 radical (unpaired) electrons. The Morgan fingerprint density at radius 2 is 2.06 bits per heavy atom. The predicted molar refractivity (Wildman–Crippen MR) is 75.0 cm³/mol. The van der Waals surface area contributed by atoms with E-state index in [-0.39, 0.29) is 0 Å². The van der Waals surface area contributed by atoms with Gasteiger partial charge in [-0.05, 0) is 37.0 Å². The van der Waals surface area contributed by atoms with Crippen molar-refractivity contribution in [2.24, 2.45) is 5.92 Å². The van der Waals surface area contributed by atoms with Crippen molar-refractivity contribution in [1.29, 1.82) is 0 Å². The number of halogens is 1. The average molecular weight is 256 g/mol. The van der Waals surface area contributed by atoms with E-state index in [0.29, 0.717) is 5.92 Å². The third kappa shape index (κ3) is 5.42. The van der Waals surface area contributed by atoms with Crippen molar-refractivity contribution >= 4 is 17.3 Å². The highest BCUT2D eigenvalue weighted by Crippen LogP contribution is 2.22. The topological polar surface area (TPSA) is 21.3 Å². The number of anilines is 1. The van der Waals surface area contributed by atoms with Crippen LogP contribution in [0.3, 0.4) is 0 Å². The molecule has 0 aliphatic heterocycles. The smallest absolute Gasteiger partial charge is 0.0639 e. The quantitative estimate of drug-likeness (QED) is 0.740. The molecule has 17 heavy (non-hydrogen) atoms. The van der Waals surface area contributed by atoms with E-state index in [0.717, 1.165) is 42.5 Å². The van der Waals surface area contributed by atoms with Crippen LogP contribution >= 0.6 is 11.6 Å². The van der Waals surface area contributed by atoms with E-state index < -0.39 is 0 Å². The molecule has 0 atom stereocenters. The Hall–Kier alpha value is -0.730. The minimum absolute atomic E-state index is 0.707. The molecule has 0 heterocycles. The van der Waals surface area contributed by atoms with E-state index >= 15 is 0 Å². The van der Waals surface area contributed by atoms with Crippen molar-refractivity contribution in [3.05, 3.63) is 28.8 Å².